The van der Waals surface area contributed by atoms with Crippen LogP contribution in [0.15, 0.2) is 54.6 Å². The third-order valence-corrected chi connectivity index (χ3v) is 2.48. The first-order valence-electron chi connectivity index (χ1n) is 6.51. The Morgan fingerprint density at radius 2 is 1.47 bits per heavy atom. The minimum absolute atomic E-state index is 0.0953. The van der Waals surface area contributed by atoms with Crippen LogP contribution in [-0.4, -0.2) is 6.61 Å². The van der Waals surface area contributed by atoms with Gasteiger partial charge < -0.3 is 4.74 Å². The van der Waals surface area contributed by atoms with Crippen LogP contribution in [0, 0.1) is 11.3 Å². The summed E-state index contributed by atoms with van der Waals surface area (Å²) in [7, 11) is 0. The highest BCUT2D eigenvalue weighted by Gasteiger charge is 1.97. The van der Waals surface area contributed by atoms with Crippen LogP contribution >= 0.6 is 0 Å². The average molecular weight is 253 g/mol. The van der Waals surface area contributed by atoms with Crippen LogP contribution in [0.1, 0.15) is 25.0 Å². The number of ether oxygens (including phenoxy) is 1. The Bertz CT molecular complexity index is 497. The van der Waals surface area contributed by atoms with E-state index in [-0.39, 0.29) is 6.61 Å². The first-order valence-corrected chi connectivity index (χ1v) is 6.51. The molecule has 0 heterocycles. The molecular formula is C17H19NO. The SMILES string of the molecule is CC.N#CCOc1ccc(Cc2ccccc2)cc1. The van der Waals surface area contributed by atoms with E-state index >= 15 is 0 Å². The molecule has 0 atom stereocenters. The van der Waals surface area contributed by atoms with Crippen LogP contribution in [-0.2, 0) is 6.42 Å². The Balaban J connectivity index is 0.000000861. The molecule has 98 valence electrons. The number of nitrogens with zero attached hydrogens (tertiary/aromatic N) is 1. The van der Waals surface area contributed by atoms with Crippen molar-refractivity contribution in [3.05, 3.63) is 65.7 Å². The highest BCUT2D eigenvalue weighted by Crippen LogP contribution is 2.15. The lowest BCUT2D eigenvalue weighted by molar-refractivity contribution is 0.368. The summed E-state index contributed by atoms with van der Waals surface area (Å²) in [6.07, 6.45) is 0.916. The van der Waals surface area contributed by atoms with Crippen LogP contribution in [0.3, 0.4) is 0 Å². The molecule has 0 unspecified atom stereocenters. The third-order valence-electron chi connectivity index (χ3n) is 2.48. The maximum absolute atomic E-state index is 8.40. The average Bonchev–Trinajstić information content (AvgIpc) is 2.50. The molecule has 0 fully saturated rings. The fraction of sp³-hybridized carbons (Fsp3) is 0.235. The Labute approximate surface area is 115 Å². The summed E-state index contributed by atoms with van der Waals surface area (Å²) in [4.78, 5) is 0. The lowest BCUT2D eigenvalue weighted by Crippen LogP contribution is -1.94. The molecule has 2 nitrogen and oxygen atoms in total. The van der Waals surface area contributed by atoms with Crippen molar-refractivity contribution in [3.8, 4) is 11.8 Å². The second-order valence-corrected chi connectivity index (χ2v) is 3.75. The normalized spacial score (nSPS) is 8.89. The second-order valence-electron chi connectivity index (χ2n) is 3.75. The van der Waals surface area contributed by atoms with Crippen LogP contribution < -0.4 is 4.74 Å². The summed E-state index contributed by atoms with van der Waals surface area (Å²) in [6, 6.07) is 20.1. The van der Waals surface area contributed by atoms with Gasteiger partial charge in [0, 0.05) is 0 Å². The van der Waals surface area contributed by atoms with Crippen LogP contribution in [0.2, 0.25) is 0 Å². The molecule has 2 heteroatoms. The Morgan fingerprint density at radius 1 is 0.895 bits per heavy atom. The van der Waals surface area contributed by atoms with Gasteiger partial charge in [0.15, 0.2) is 6.61 Å². The predicted octanol–water partition coefficient (Wildman–Crippen LogP) is 4.21. The van der Waals surface area contributed by atoms with Crippen molar-refractivity contribution >= 4 is 0 Å². The largest absolute Gasteiger partial charge is 0.479 e. The van der Waals surface area contributed by atoms with E-state index in [9.17, 15) is 0 Å². The van der Waals surface area contributed by atoms with E-state index in [1.165, 1.54) is 11.1 Å². The standard InChI is InChI=1S/C15H13NO.C2H6/c16-10-11-17-15-8-6-14(7-9-15)12-13-4-2-1-3-5-13;1-2/h1-9H,11-12H2;1-2H3. The molecule has 0 aromatic heterocycles. The lowest BCUT2D eigenvalue weighted by Gasteiger charge is -2.04. The molecule has 0 spiro atoms. The van der Waals surface area contributed by atoms with Gasteiger partial charge in [-0.3, -0.25) is 0 Å². The molecule has 2 aromatic rings. The van der Waals surface area contributed by atoms with E-state index in [2.05, 4.69) is 12.1 Å². The highest BCUT2D eigenvalue weighted by molar-refractivity contribution is 5.31. The van der Waals surface area contributed by atoms with Gasteiger partial charge in [0.1, 0.15) is 11.8 Å². The van der Waals surface area contributed by atoms with E-state index in [0.717, 1.165) is 12.2 Å². The zero-order chi connectivity index (χ0) is 13.9. The first-order chi connectivity index (χ1) is 9.38. The molecule has 0 aliphatic rings. The van der Waals surface area contributed by atoms with Crippen molar-refractivity contribution in [2.45, 2.75) is 20.3 Å². The quantitative estimate of drug-likeness (QED) is 0.817. The summed E-state index contributed by atoms with van der Waals surface area (Å²) in [6.45, 7) is 4.10. The Hall–Kier alpha value is -2.27. The number of rotatable bonds is 4. The minimum atomic E-state index is 0.0953. The molecule has 0 saturated heterocycles. The van der Waals surface area contributed by atoms with Crippen molar-refractivity contribution in [1.29, 1.82) is 5.26 Å². The summed E-state index contributed by atoms with van der Waals surface area (Å²) in [5.74, 6) is 0.739. The molecule has 2 rings (SSSR count). The fourth-order valence-corrected chi connectivity index (χ4v) is 1.65. The van der Waals surface area contributed by atoms with Gasteiger partial charge >= 0.3 is 0 Å². The zero-order valence-corrected chi connectivity index (χ0v) is 11.5. The highest BCUT2D eigenvalue weighted by atomic mass is 16.5. The maximum Gasteiger partial charge on any atom is 0.174 e. The predicted molar refractivity (Wildman–Crippen MR) is 78.1 cm³/mol. The lowest BCUT2D eigenvalue weighted by atomic mass is 10.1. The minimum Gasteiger partial charge on any atom is -0.479 e. The molecule has 0 saturated carbocycles. The summed E-state index contributed by atoms with van der Waals surface area (Å²) >= 11 is 0. The monoisotopic (exact) mass is 253 g/mol. The fourth-order valence-electron chi connectivity index (χ4n) is 1.65. The van der Waals surface area contributed by atoms with Gasteiger partial charge in [0.25, 0.3) is 0 Å². The van der Waals surface area contributed by atoms with E-state index in [1.54, 1.807) is 0 Å². The zero-order valence-electron chi connectivity index (χ0n) is 11.5. The van der Waals surface area contributed by atoms with Gasteiger partial charge in [-0.05, 0) is 29.7 Å². The summed E-state index contributed by atoms with van der Waals surface area (Å²) in [5, 5.41) is 8.40. The molecule has 2 aromatic carbocycles. The summed E-state index contributed by atoms with van der Waals surface area (Å²) < 4.78 is 5.20. The Morgan fingerprint density at radius 3 is 2.05 bits per heavy atom. The van der Waals surface area contributed by atoms with Crippen molar-refractivity contribution in [3.63, 3.8) is 0 Å². The van der Waals surface area contributed by atoms with E-state index in [4.69, 9.17) is 10.00 Å². The van der Waals surface area contributed by atoms with Crippen molar-refractivity contribution in [1.82, 2.24) is 0 Å². The molecule has 19 heavy (non-hydrogen) atoms. The van der Waals surface area contributed by atoms with E-state index in [1.807, 2.05) is 62.4 Å². The van der Waals surface area contributed by atoms with E-state index in [0.29, 0.717) is 0 Å². The van der Waals surface area contributed by atoms with E-state index < -0.39 is 0 Å². The molecule has 0 bridgehead atoms. The molecule has 0 radical (unpaired) electrons. The molecular weight excluding hydrogens is 234 g/mol. The smallest absolute Gasteiger partial charge is 0.174 e. The number of hydrogen-bond acceptors (Lipinski definition) is 2. The molecule has 0 amide bonds. The number of benzene rings is 2. The summed E-state index contributed by atoms with van der Waals surface area (Å²) in [5.41, 5.74) is 2.53. The van der Waals surface area contributed by atoms with Crippen molar-refractivity contribution in [2.75, 3.05) is 6.61 Å². The maximum atomic E-state index is 8.40. The van der Waals surface area contributed by atoms with Gasteiger partial charge in [-0.2, -0.15) is 5.26 Å². The van der Waals surface area contributed by atoms with Crippen LogP contribution in [0.5, 0.6) is 5.75 Å². The third kappa shape index (κ3) is 5.27. The van der Waals surface area contributed by atoms with Crippen molar-refractivity contribution < 1.29 is 4.74 Å². The van der Waals surface area contributed by atoms with Crippen LogP contribution in [0.25, 0.3) is 0 Å². The van der Waals surface area contributed by atoms with Gasteiger partial charge in [-0.25, -0.2) is 0 Å². The topological polar surface area (TPSA) is 33.0 Å². The molecule has 0 aliphatic carbocycles. The number of nitriles is 1. The van der Waals surface area contributed by atoms with Gasteiger partial charge in [-0.15, -0.1) is 0 Å². The molecule has 0 aliphatic heterocycles. The molecule has 0 N–H and O–H groups in total. The second kappa shape index (κ2) is 8.77. The van der Waals surface area contributed by atoms with Crippen LogP contribution in [0.4, 0.5) is 0 Å². The van der Waals surface area contributed by atoms with Gasteiger partial charge in [-0.1, -0.05) is 56.3 Å². The van der Waals surface area contributed by atoms with Gasteiger partial charge in [0.2, 0.25) is 0 Å². The van der Waals surface area contributed by atoms with Gasteiger partial charge in [0.05, 0.1) is 0 Å². The first kappa shape index (κ1) is 14.8. The van der Waals surface area contributed by atoms with Crippen molar-refractivity contribution in [2.24, 2.45) is 0 Å². The number of hydrogen-bond donors (Lipinski definition) is 0. The Kier molecular flexibility index (Phi) is 6.82.